The maximum atomic E-state index is 12.9. The average molecular weight is 477 g/mol. The van der Waals surface area contributed by atoms with Crippen molar-refractivity contribution in [1.82, 2.24) is 14.8 Å². The zero-order chi connectivity index (χ0) is 21.8. The van der Waals surface area contributed by atoms with Gasteiger partial charge in [0.2, 0.25) is 5.82 Å². The lowest BCUT2D eigenvalue weighted by Crippen LogP contribution is -2.14. The van der Waals surface area contributed by atoms with E-state index in [4.69, 9.17) is 4.74 Å². The fourth-order valence-corrected chi connectivity index (χ4v) is 3.39. The minimum absolute atomic E-state index is 0.0910. The van der Waals surface area contributed by atoms with Gasteiger partial charge in [-0.1, -0.05) is 39.7 Å². The molecule has 0 aliphatic heterocycles. The number of amides is 1. The molecular formula is C24H21BrN4O2. The lowest BCUT2D eigenvalue weighted by atomic mass is 10.1. The molecule has 0 unspecified atom stereocenters. The summed E-state index contributed by atoms with van der Waals surface area (Å²) in [5.74, 6) is 1.06. The van der Waals surface area contributed by atoms with Crippen LogP contribution < -0.4 is 10.1 Å². The highest BCUT2D eigenvalue weighted by Crippen LogP contribution is 2.24. The second-order valence-corrected chi connectivity index (χ2v) is 7.84. The summed E-state index contributed by atoms with van der Waals surface area (Å²) in [7, 11) is 0. The van der Waals surface area contributed by atoms with Crippen LogP contribution in [0.1, 0.15) is 23.1 Å². The number of anilines is 1. The summed E-state index contributed by atoms with van der Waals surface area (Å²) in [4.78, 5) is 17.5. The van der Waals surface area contributed by atoms with E-state index >= 15 is 0 Å². The molecule has 3 aromatic carbocycles. The Labute approximate surface area is 189 Å². The highest BCUT2D eigenvalue weighted by molar-refractivity contribution is 9.10. The fraction of sp³-hybridized carbons (Fsp3) is 0.125. The van der Waals surface area contributed by atoms with Gasteiger partial charge in [0.05, 0.1) is 12.3 Å². The van der Waals surface area contributed by atoms with Gasteiger partial charge in [-0.15, -0.1) is 5.10 Å². The largest absolute Gasteiger partial charge is 0.494 e. The molecule has 4 aromatic rings. The van der Waals surface area contributed by atoms with Gasteiger partial charge in [-0.3, -0.25) is 4.79 Å². The Bertz CT molecular complexity index is 1200. The molecule has 4 rings (SSSR count). The van der Waals surface area contributed by atoms with Crippen LogP contribution in [0, 0.1) is 6.92 Å². The van der Waals surface area contributed by atoms with Crippen molar-refractivity contribution < 1.29 is 9.53 Å². The normalized spacial score (nSPS) is 10.7. The number of aryl methyl sites for hydroxylation is 1. The Morgan fingerprint density at radius 2 is 1.81 bits per heavy atom. The van der Waals surface area contributed by atoms with E-state index < -0.39 is 0 Å². The van der Waals surface area contributed by atoms with Crippen LogP contribution in [0.15, 0.2) is 77.3 Å². The van der Waals surface area contributed by atoms with E-state index in [0.717, 1.165) is 27.0 Å². The third kappa shape index (κ3) is 4.83. The molecule has 31 heavy (non-hydrogen) atoms. The molecule has 1 amide bonds. The summed E-state index contributed by atoms with van der Waals surface area (Å²) in [6.45, 7) is 4.53. The lowest BCUT2D eigenvalue weighted by molar-refractivity contribution is 0.101. The van der Waals surface area contributed by atoms with Crippen molar-refractivity contribution in [2.24, 2.45) is 0 Å². The number of hydrogen-bond donors (Lipinski definition) is 1. The first kappa shape index (κ1) is 20.8. The first-order valence-corrected chi connectivity index (χ1v) is 10.7. The SMILES string of the molecule is CCOc1ccc(NC(=O)c2nc(-c3cccc(C)c3)n(-c3ccc(Br)cc3)n2)cc1. The van der Waals surface area contributed by atoms with Crippen molar-refractivity contribution in [3.63, 3.8) is 0 Å². The third-order valence-electron chi connectivity index (χ3n) is 4.58. The second kappa shape index (κ2) is 9.14. The van der Waals surface area contributed by atoms with Crippen molar-refractivity contribution in [3.8, 4) is 22.8 Å². The molecule has 0 saturated heterocycles. The number of carbonyl (C=O) groups excluding carboxylic acids is 1. The van der Waals surface area contributed by atoms with Gasteiger partial charge < -0.3 is 10.1 Å². The molecule has 0 aliphatic rings. The van der Waals surface area contributed by atoms with Gasteiger partial charge in [0.15, 0.2) is 5.82 Å². The maximum Gasteiger partial charge on any atom is 0.295 e. The van der Waals surface area contributed by atoms with E-state index in [1.165, 1.54) is 0 Å². The van der Waals surface area contributed by atoms with Crippen LogP contribution in [-0.2, 0) is 0 Å². The minimum atomic E-state index is -0.381. The maximum absolute atomic E-state index is 12.9. The molecular weight excluding hydrogens is 456 g/mol. The molecule has 0 bridgehead atoms. The van der Waals surface area contributed by atoms with Crippen LogP contribution in [0.25, 0.3) is 17.1 Å². The summed E-state index contributed by atoms with van der Waals surface area (Å²) in [5.41, 5.74) is 3.44. The van der Waals surface area contributed by atoms with Gasteiger partial charge in [0.1, 0.15) is 5.75 Å². The minimum Gasteiger partial charge on any atom is -0.494 e. The van der Waals surface area contributed by atoms with Crippen LogP contribution in [0.5, 0.6) is 5.75 Å². The van der Waals surface area contributed by atoms with Crippen LogP contribution in [-0.4, -0.2) is 27.3 Å². The van der Waals surface area contributed by atoms with Crippen molar-refractivity contribution in [2.75, 3.05) is 11.9 Å². The topological polar surface area (TPSA) is 69.0 Å². The van der Waals surface area contributed by atoms with E-state index in [-0.39, 0.29) is 11.7 Å². The molecule has 0 spiro atoms. The highest BCUT2D eigenvalue weighted by atomic mass is 79.9. The number of nitrogens with zero attached hydrogens (tertiary/aromatic N) is 3. The lowest BCUT2D eigenvalue weighted by Gasteiger charge is -2.06. The monoisotopic (exact) mass is 476 g/mol. The van der Waals surface area contributed by atoms with Gasteiger partial charge in [-0.2, -0.15) is 0 Å². The van der Waals surface area contributed by atoms with Crippen molar-refractivity contribution in [1.29, 1.82) is 0 Å². The van der Waals surface area contributed by atoms with E-state index in [2.05, 4.69) is 31.3 Å². The molecule has 156 valence electrons. The molecule has 0 saturated carbocycles. The van der Waals surface area contributed by atoms with E-state index in [1.54, 1.807) is 16.8 Å². The number of rotatable bonds is 6. The van der Waals surface area contributed by atoms with Gasteiger partial charge in [-0.25, -0.2) is 9.67 Å². The number of ether oxygens (including phenoxy) is 1. The molecule has 0 radical (unpaired) electrons. The van der Waals surface area contributed by atoms with Crippen LogP contribution in [0.4, 0.5) is 5.69 Å². The second-order valence-electron chi connectivity index (χ2n) is 6.93. The molecule has 7 heteroatoms. The number of hydrogen-bond acceptors (Lipinski definition) is 4. The van der Waals surface area contributed by atoms with Gasteiger partial charge >= 0.3 is 0 Å². The van der Waals surface area contributed by atoms with Crippen LogP contribution in [0.2, 0.25) is 0 Å². The Kier molecular flexibility index (Phi) is 6.13. The summed E-state index contributed by atoms with van der Waals surface area (Å²) in [5, 5.41) is 7.36. The first-order valence-electron chi connectivity index (χ1n) is 9.88. The van der Waals surface area contributed by atoms with Crippen molar-refractivity contribution in [2.45, 2.75) is 13.8 Å². The molecule has 6 nitrogen and oxygen atoms in total. The zero-order valence-corrected chi connectivity index (χ0v) is 18.8. The first-order chi connectivity index (χ1) is 15.0. The Morgan fingerprint density at radius 1 is 1.06 bits per heavy atom. The third-order valence-corrected chi connectivity index (χ3v) is 5.11. The summed E-state index contributed by atoms with van der Waals surface area (Å²) >= 11 is 3.45. The number of nitrogens with one attached hydrogen (secondary N) is 1. The Balaban J connectivity index is 1.68. The average Bonchev–Trinajstić information content (AvgIpc) is 3.22. The van der Waals surface area contributed by atoms with E-state index in [1.807, 2.05) is 74.5 Å². The van der Waals surface area contributed by atoms with Crippen molar-refractivity contribution >= 4 is 27.5 Å². The van der Waals surface area contributed by atoms with Crippen molar-refractivity contribution in [3.05, 3.63) is 88.7 Å². The van der Waals surface area contributed by atoms with E-state index in [0.29, 0.717) is 18.1 Å². The Morgan fingerprint density at radius 3 is 2.48 bits per heavy atom. The molecule has 0 aliphatic carbocycles. The fourth-order valence-electron chi connectivity index (χ4n) is 3.13. The molecule has 0 atom stereocenters. The predicted molar refractivity (Wildman–Crippen MR) is 125 cm³/mol. The number of halogens is 1. The van der Waals surface area contributed by atoms with Gasteiger partial charge in [-0.05, 0) is 68.4 Å². The van der Waals surface area contributed by atoms with Gasteiger partial charge in [0, 0.05) is 15.7 Å². The highest BCUT2D eigenvalue weighted by Gasteiger charge is 2.19. The zero-order valence-electron chi connectivity index (χ0n) is 17.2. The Hall–Kier alpha value is -3.45. The van der Waals surface area contributed by atoms with E-state index in [9.17, 15) is 4.79 Å². The summed E-state index contributed by atoms with van der Waals surface area (Å²) in [6.07, 6.45) is 0. The number of aromatic nitrogens is 3. The smallest absolute Gasteiger partial charge is 0.295 e. The standard InChI is InChI=1S/C24H21BrN4O2/c1-3-31-21-13-9-19(10-14-21)26-24(30)22-27-23(17-6-4-5-16(2)15-17)29(28-22)20-11-7-18(25)8-12-20/h4-15H,3H2,1-2H3,(H,26,30). The molecule has 1 aromatic heterocycles. The predicted octanol–water partition coefficient (Wildman–Crippen LogP) is 5.66. The number of carbonyl (C=O) groups is 1. The summed E-state index contributed by atoms with van der Waals surface area (Å²) in [6, 6.07) is 22.9. The number of benzene rings is 3. The van der Waals surface area contributed by atoms with Gasteiger partial charge in [0.25, 0.3) is 5.91 Å². The quantitative estimate of drug-likeness (QED) is 0.389. The van der Waals surface area contributed by atoms with Crippen LogP contribution in [0.3, 0.4) is 0 Å². The molecule has 1 heterocycles. The summed E-state index contributed by atoms with van der Waals surface area (Å²) < 4.78 is 8.09. The molecule has 0 fully saturated rings. The molecule has 1 N–H and O–H groups in total. The van der Waals surface area contributed by atoms with Crippen LogP contribution >= 0.6 is 15.9 Å².